The predicted octanol–water partition coefficient (Wildman–Crippen LogP) is 1.69. The zero-order chi connectivity index (χ0) is 14.2. The molecule has 1 aromatic heterocycles. The molecule has 1 amide bonds. The normalized spacial score (nSPS) is 18.6. The van der Waals surface area contributed by atoms with Crippen LogP contribution in [0.3, 0.4) is 0 Å². The Morgan fingerprint density at radius 1 is 1.30 bits per heavy atom. The summed E-state index contributed by atoms with van der Waals surface area (Å²) in [6.07, 6.45) is 0. The van der Waals surface area contributed by atoms with Crippen molar-refractivity contribution in [2.45, 2.75) is 33.7 Å². The molecule has 5 nitrogen and oxygen atoms in total. The van der Waals surface area contributed by atoms with E-state index in [1.165, 1.54) is 6.92 Å². The minimum Gasteiger partial charge on any atom is -0.354 e. The lowest BCUT2D eigenvalue weighted by atomic mass is 10.1. The molecule has 1 aromatic rings. The maximum absolute atomic E-state index is 12.6. The van der Waals surface area contributed by atoms with Gasteiger partial charge in [-0.15, -0.1) is 12.4 Å². The van der Waals surface area contributed by atoms with Crippen molar-refractivity contribution in [3.05, 3.63) is 22.5 Å². The number of carbonyl (C=O) groups excluding carboxylic acids is 2. The topological polar surface area (TPSA) is 65.2 Å². The van der Waals surface area contributed by atoms with E-state index in [1.807, 2.05) is 25.7 Å². The van der Waals surface area contributed by atoms with Crippen LogP contribution in [0.1, 0.15) is 46.0 Å². The molecule has 20 heavy (non-hydrogen) atoms. The number of H-pyrrole nitrogens is 1. The van der Waals surface area contributed by atoms with Gasteiger partial charge >= 0.3 is 0 Å². The highest BCUT2D eigenvalue weighted by Crippen LogP contribution is 2.21. The Kier molecular flexibility index (Phi) is 5.36. The number of carbonyl (C=O) groups is 2. The SMILES string of the molecule is CC(=O)c1c(C)[nH]c(C(=O)N2CCNC[C@@H]2C)c1C.Cl. The van der Waals surface area contributed by atoms with Gasteiger partial charge in [0.15, 0.2) is 5.78 Å². The summed E-state index contributed by atoms with van der Waals surface area (Å²) < 4.78 is 0. The second kappa shape index (κ2) is 6.41. The number of amides is 1. The van der Waals surface area contributed by atoms with Crippen LogP contribution in [0.25, 0.3) is 0 Å². The average molecular weight is 300 g/mol. The Bertz CT molecular complexity index is 525. The van der Waals surface area contributed by atoms with Gasteiger partial charge < -0.3 is 15.2 Å². The van der Waals surface area contributed by atoms with Gasteiger partial charge in [0.05, 0.1) is 0 Å². The molecule has 2 rings (SSSR count). The van der Waals surface area contributed by atoms with E-state index in [-0.39, 0.29) is 30.1 Å². The van der Waals surface area contributed by atoms with Crippen LogP contribution < -0.4 is 5.32 Å². The van der Waals surface area contributed by atoms with Crippen LogP contribution >= 0.6 is 12.4 Å². The summed E-state index contributed by atoms with van der Waals surface area (Å²) in [7, 11) is 0. The molecule has 0 saturated carbocycles. The van der Waals surface area contributed by atoms with E-state index in [1.54, 1.807) is 0 Å². The first kappa shape index (κ1) is 16.7. The molecule has 0 aliphatic carbocycles. The molecule has 1 fully saturated rings. The van der Waals surface area contributed by atoms with Gasteiger partial charge in [0, 0.05) is 36.9 Å². The summed E-state index contributed by atoms with van der Waals surface area (Å²) in [4.78, 5) is 29.1. The monoisotopic (exact) mass is 299 g/mol. The van der Waals surface area contributed by atoms with Crippen LogP contribution in [0, 0.1) is 13.8 Å². The fourth-order valence-corrected chi connectivity index (χ4v) is 2.78. The van der Waals surface area contributed by atoms with E-state index in [9.17, 15) is 9.59 Å². The highest BCUT2D eigenvalue weighted by molar-refractivity contribution is 6.02. The summed E-state index contributed by atoms with van der Waals surface area (Å²) in [6.45, 7) is 9.55. The van der Waals surface area contributed by atoms with Gasteiger partial charge in [0.2, 0.25) is 0 Å². The minimum absolute atomic E-state index is 0. The molecule has 0 spiro atoms. The second-order valence-electron chi connectivity index (χ2n) is 5.23. The zero-order valence-electron chi connectivity index (χ0n) is 12.4. The predicted molar refractivity (Wildman–Crippen MR) is 80.9 cm³/mol. The largest absolute Gasteiger partial charge is 0.354 e. The molecule has 0 unspecified atom stereocenters. The molecule has 0 bridgehead atoms. The third kappa shape index (κ3) is 2.88. The molecule has 6 heteroatoms. The fraction of sp³-hybridized carbons (Fsp3) is 0.571. The number of aromatic nitrogens is 1. The number of ketones is 1. The lowest BCUT2D eigenvalue weighted by molar-refractivity contribution is 0.0649. The Hall–Kier alpha value is -1.33. The van der Waals surface area contributed by atoms with E-state index in [0.717, 1.165) is 24.3 Å². The summed E-state index contributed by atoms with van der Waals surface area (Å²) in [5, 5.41) is 3.26. The first-order chi connectivity index (χ1) is 8.93. The van der Waals surface area contributed by atoms with E-state index in [4.69, 9.17) is 0 Å². The van der Waals surface area contributed by atoms with Gasteiger partial charge in [-0.05, 0) is 33.3 Å². The number of aromatic amines is 1. The molecule has 2 N–H and O–H groups in total. The van der Waals surface area contributed by atoms with Crippen LogP contribution in [0.2, 0.25) is 0 Å². The van der Waals surface area contributed by atoms with Crippen molar-refractivity contribution in [3.8, 4) is 0 Å². The van der Waals surface area contributed by atoms with Crippen molar-refractivity contribution in [2.24, 2.45) is 0 Å². The Morgan fingerprint density at radius 3 is 2.45 bits per heavy atom. The molecule has 1 aliphatic heterocycles. The molecule has 1 saturated heterocycles. The Labute approximate surface area is 125 Å². The highest BCUT2D eigenvalue weighted by atomic mass is 35.5. The average Bonchev–Trinajstić information content (AvgIpc) is 2.64. The lowest BCUT2D eigenvalue weighted by Crippen LogP contribution is -2.52. The number of Topliss-reactive ketones (excluding diaryl/α,β-unsaturated/α-hetero) is 1. The third-order valence-corrected chi connectivity index (χ3v) is 3.77. The number of piperazine rings is 1. The van der Waals surface area contributed by atoms with Crippen molar-refractivity contribution >= 4 is 24.1 Å². The van der Waals surface area contributed by atoms with Crippen LogP contribution in [0.15, 0.2) is 0 Å². The molecule has 2 heterocycles. The number of hydrogen-bond acceptors (Lipinski definition) is 3. The van der Waals surface area contributed by atoms with Crippen molar-refractivity contribution in [1.29, 1.82) is 0 Å². The Balaban J connectivity index is 0.00000200. The van der Waals surface area contributed by atoms with Gasteiger partial charge in [-0.2, -0.15) is 0 Å². The van der Waals surface area contributed by atoms with Gasteiger partial charge in [-0.25, -0.2) is 0 Å². The molecular weight excluding hydrogens is 278 g/mol. The molecule has 112 valence electrons. The summed E-state index contributed by atoms with van der Waals surface area (Å²) in [5.74, 6) is -0.0132. The smallest absolute Gasteiger partial charge is 0.270 e. The molecule has 1 aliphatic rings. The lowest BCUT2D eigenvalue weighted by Gasteiger charge is -2.33. The quantitative estimate of drug-likeness (QED) is 0.817. The summed E-state index contributed by atoms with van der Waals surface area (Å²) in [6, 6.07) is 0.171. The van der Waals surface area contributed by atoms with Crippen LogP contribution in [-0.4, -0.2) is 47.3 Å². The number of aryl methyl sites for hydroxylation is 1. The molecular formula is C14H22ClN3O2. The maximum atomic E-state index is 12.6. The number of nitrogens with zero attached hydrogens (tertiary/aromatic N) is 1. The van der Waals surface area contributed by atoms with Crippen LogP contribution in [0.4, 0.5) is 0 Å². The number of halogens is 1. The zero-order valence-corrected chi connectivity index (χ0v) is 13.2. The summed E-state index contributed by atoms with van der Waals surface area (Å²) in [5.41, 5.74) is 2.74. The molecule has 0 radical (unpaired) electrons. The van der Waals surface area contributed by atoms with Gasteiger partial charge in [-0.1, -0.05) is 0 Å². The highest BCUT2D eigenvalue weighted by Gasteiger charge is 2.28. The van der Waals surface area contributed by atoms with Crippen molar-refractivity contribution < 1.29 is 9.59 Å². The second-order valence-corrected chi connectivity index (χ2v) is 5.23. The third-order valence-electron chi connectivity index (χ3n) is 3.77. The van der Waals surface area contributed by atoms with Crippen molar-refractivity contribution in [3.63, 3.8) is 0 Å². The van der Waals surface area contributed by atoms with Crippen molar-refractivity contribution in [2.75, 3.05) is 19.6 Å². The van der Waals surface area contributed by atoms with Crippen LogP contribution in [-0.2, 0) is 0 Å². The van der Waals surface area contributed by atoms with E-state index >= 15 is 0 Å². The fourth-order valence-electron chi connectivity index (χ4n) is 2.78. The van der Waals surface area contributed by atoms with Crippen LogP contribution in [0.5, 0.6) is 0 Å². The van der Waals surface area contributed by atoms with Gasteiger partial charge in [0.1, 0.15) is 5.69 Å². The van der Waals surface area contributed by atoms with E-state index < -0.39 is 0 Å². The number of rotatable bonds is 2. The number of hydrogen-bond donors (Lipinski definition) is 2. The van der Waals surface area contributed by atoms with Crippen molar-refractivity contribution in [1.82, 2.24) is 15.2 Å². The van der Waals surface area contributed by atoms with E-state index in [0.29, 0.717) is 17.8 Å². The first-order valence-electron chi connectivity index (χ1n) is 6.65. The van der Waals surface area contributed by atoms with Gasteiger partial charge in [0.25, 0.3) is 5.91 Å². The first-order valence-corrected chi connectivity index (χ1v) is 6.65. The van der Waals surface area contributed by atoms with Gasteiger partial charge in [-0.3, -0.25) is 9.59 Å². The maximum Gasteiger partial charge on any atom is 0.270 e. The Morgan fingerprint density at radius 2 is 1.95 bits per heavy atom. The molecule has 1 atom stereocenters. The minimum atomic E-state index is -0.0119. The standard InChI is InChI=1S/C14H21N3O2.ClH/c1-8-7-15-5-6-17(8)14(19)13-9(2)12(11(4)18)10(3)16-13;/h8,15-16H,5-7H2,1-4H3;1H/t8-;/m0./s1. The number of nitrogens with one attached hydrogen (secondary N) is 2. The summed E-state index contributed by atoms with van der Waals surface area (Å²) >= 11 is 0. The van der Waals surface area contributed by atoms with E-state index in [2.05, 4.69) is 10.3 Å². The molecule has 0 aromatic carbocycles.